The van der Waals surface area contributed by atoms with Crippen molar-refractivity contribution in [2.75, 3.05) is 24.0 Å². The molecule has 1 aliphatic heterocycles. The Morgan fingerprint density at radius 1 is 1.25 bits per heavy atom. The van der Waals surface area contributed by atoms with Gasteiger partial charge in [-0.05, 0) is 17.7 Å². The van der Waals surface area contributed by atoms with Crippen molar-refractivity contribution in [3.8, 4) is 11.5 Å². The number of fused-ring (bicyclic) bond motifs is 1. The van der Waals surface area contributed by atoms with E-state index in [0.29, 0.717) is 24.6 Å². The molecule has 0 fully saturated rings. The summed E-state index contributed by atoms with van der Waals surface area (Å²) < 4.78 is 10.6. The second-order valence-corrected chi connectivity index (χ2v) is 4.89. The molecule has 2 aromatic rings. The molecule has 1 aliphatic rings. The highest BCUT2D eigenvalue weighted by Gasteiger charge is 2.22. The first kappa shape index (κ1) is 15.5. The van der Waals surface area contributed by atoms with Crippen LogP contribution in [0.15, 0.2) is 37.2 Å². The van der Waals surface area contributed by atoms with Gasteiger partial charge in [0.2, 0.25) is 18.4 Å². The zero-order chi connectivity index (χ0) is 16.9. The van der Waals surface area contributed by atoms with E-state index in [1.165, 1.54) is 6.33 Å². The van der Waals surface area contributed by atoms with Crippen molar-refractivity contribution in [2.24, 2.45) is 0 Å². The van der Waals surface area contributed by atoms with Crippen LogP contribution in [-0.4, -0.2) is 28.2 Å². The summed E-state index contributed by atoms with van der Waals surface area (Å²) in [5.74, 6) is 1.62. The molecule has 0 bridgehead atoms. The normalized spacial score (nSPS) is 11.8. The summed E-state index contributed by atoms with van der Waals surface area (Å²) in [5.41, 5.74) is 0.674. The number of aromatic nitrogens is 2. The van der Waals surface area contributed by atoms with Gasteiger partial charge in [-0.25, -0.2) is 9.97 Å². The summed E-state index contributed by atoms with van der Waals surface area (Å²) in [5, 5.41) is 17.1. The van der Waals surface area contributed by atoms with Gasteiger partial charge in [0.1, 0.15) is 6.33 Å². The van der Waals surface area contributed by atoms with Crippen LogP contribution in [0.3, 0.4) is 0 Å². The van der Waals surface area contributed by atoms with E-state index in [1.807, 2.05) is 12.1 Å². The zero-order valence-corrected chi connectivity index (χ0v) is 12.7. The smallest absolute Gasteiger partial charge is 0.353 e. The van der Waals surface area contributed by atoms with E-state index in [1.54, 1.807) is 12.1 Å². The Morgan fingerprint density at radius 2 is 2.00 bits per heavy atom. The summed E-state index contributed by atoms with van der Waals surface area (Å²) >= 11 is 0. The SMILES string of the molecule is C=CCNc1ncnc(NCc2ccc3c(c2)OCO3)c1[N+](=O)[O-]. The van der Waals surface area contributed by atoms with Crippen LogP contribution in [0.25, 0.3) is 0 Å². The number of hydrogen-bond donors (Lipinski definition) is 2. The Balaban J connectivity index is 1.79. The molecule has 0 saturated carbocycles. The molecule has 2 heterocycles. The Labute approximate surface area is 137 Å². The van der Waals surface area contributed by atoms with Crippen molar-refractivity contribution in [1.82, 2.24) is 9.97 Å². The summed E-state index contributed by atoms with van der Waals surface area (Å²) in [6.45, 7) is 4.46. The van der Waals surface area contributed by atoms with Gasteiger partial charge in [0.05, 0.1) is 4.92 Å². The van der Waals surface area contributed by atoms with E-state index in [2.05, 4.69) is 27.2 Å². The summed E-state index contributed by atoms with van der Waals surface area (Å²) in [6, 6.07) is 5.47. The van der Waals surface area contributed by atoms with E-state index in [4.69, 9.17) is 9.47 Å². The lowest BCUT2D eigenvalue weighted by molar-refractivity contribution is -0.383. The second-order valence-electron chi connectivity index (χ2n) is 4.89. The van der Waals surface area contributed by atoms with Crippen LogP contribution in [-0.2, 0) is 6.54 Å². The highest BCUT2D eigenvalue weighted by atomic mass is 16.7. The molecule has 0 unspecified atom stereocenters. The van der Waals surface area contributed by atoms with Gasteiger partial charge in [-0.1, -0.05) is 12.1 Å². The third kappa shape index (κ3) is 3.19. The number of benzene rings is 1. The Kier molecular flexibility index (Phi) is 4.41. The average molecular weight is 329 g/mol. The number of nitrogens with one attached hydrogen (secondary N) is 2. The molecule has 0 amide bonds. The van der Waals surface area contributed by atoms with E-state index >= 15 is 0 Å². The quantitative estimate of drug-likeness (QED) is 0.452. The lowest BCUT2D eigenvalue weighted by atomic mass is 10.2. The number of nitro groups is 1. The van der Waals surface area contributed by atoms with Crippen LogP contribution < -0.4 is 20.1 Å². The first-order chi connectivity index (χ1) is 11.7. The molecule has 0 aliphatic carbocycles. The predicted octanol–water partition coefficient (Wildman–Crippen LogP) is 2.32. The molecule has 2 N–H and O–H groups in total. The first-order valence-corrected chi connectivity index (χ1v) is 7.15. The van der Waals surface area contributed by atoms with Gasteiger partial charge in [0, 0.05) is 13.1 Å². The average Bonchev–Trinajstić information content (AvgIpc) is 3.05. The van der Waals surface area contributed by atoms with Crippen LogP contribution >= 0.6 is 0 Å². The van der Waals surface area contributed by atoms with E-state index in [0.717, 1.165) is 5.56 Å². The van der Waals surface area contributed by atoms with E-state index in [-0.39, 0.29) is 24.1 Å². The minimum Gasteiger partial charge on any atom is -0.454 e. The number of hydrogen-bond acceptors (Lipinski definition) is 8. The number of anilines is 2. The van der Waals surface area contributed by atoms with Crippen LogP contribution in [0.4, 0.5) is 17.3 Å². The Hall–Kier alpha value is -3.36. The fourth-order valence-corrected chi connectivity index (χ4v) is 2.22. The maximum absolute atomic E-state index is 11.4. The molecule has 1 aromatic carbocycles. The predicted molar refractivity (Wildman–Crippen MR) is 87.3 cm³/mol. The third-order valence-electron chi connectivity index (χ3n) is 3.32. The van der Waals surface area contributed by atoms with E-state index in [9.17, 15) is 10.1 Å². The minimum atomic E-state index is -0.520. The maximum Gasteiger partial charge on any atom is 0.353 e. The largest absolute Gasteiger partial charge is 0.454 e. The lowest BCUT2D eigenvalue weighted by Gasteiger charge is -2.09. The molecule has 124 valence electrons. The number of ether oxygens (including phenoxy) is 2. The Bertz CT molecular complexity index is 780. The molecule has 1 aromatic heterocycles. The van der Waals surface area contributed by atoms with Crippen LogP contribution in [0.1, 0.15) is 5.56 Å². The Morgan fingerprint density at radius 3 is 2.75 bits per heavy atom. The first-order valence-electron chi connectivity index (χ1n) is 7.15. The van der Waals surface area contributed by atoms with Gasteiger partial charge < -0.3 is 20.1 Å². The van der Waals surface area contributed by atoms with Crippen molar-refractivity contribution < 1.29 is 14.4 Å². The summed E-state index contributed by atoms with van der Waals surface area (Å²) in [4.78, 5) is 18.7. The van der Waals surface area contributed by atoms with Gasteiger partial charge in [-0.3, -0.25) is 10.1 Å². The standard InChI is InChI=1S/C15H15N5O4/c1-2-5-16-14-13(20(21)22)15(19-8-18-14)17-7-10-3-4-11-12(6-10)24-9-23-11/h2-4,6,8H,1,5,7,9H2,(H2,16,17,18,19). The summed E-state index contributed by atoms with van der Waals surface area (Å²) in [7, 11) is 0. The molecule has 9 nitrogen and oxygen atoms in total. The molecule has 24 heavy (non-hydrogen) atoms. The van der Waals surface area contributed by atoms with Crippen molar-refractivity contribution in [3.05, 3.63) is 52.9 Å². The van der Waals surface area contributed by atoms with Crippen molar-refractivity contribution in [3.63, 3.8) is 0 Å². The molecule has 0 saturated heterocycles. The molecular formula is C15H15N5O4. The van der Waals surface area contributed by atoms with Crippen molar-refractivity contribution >= 4 is 17.3 Å². The fraction of sp³-hybridized carbons (Fsp3) is 0.200. The zero-order valence-electron chi connectivity index (χ0n) is 12.7. The second kappa shape index (κ2) is 6.82. The molecule has 3 rings (SSSR count). The van der Waals surface area contributed by atoms with Gasteiger partial charge in [0.25, 0.3) is 0 Å². The molecule has 0 spiro atoms. The van der Waals surface area contributed by atoms with Crippen LogP contribution in [0.2, 0.25) is 0 Å². The molecule has 9 heteroatoms. The fourth-order valence-electron chi connectivity index (χ4n) is 2.22. The van der Waals surface area contributed by atoms with Crippen molar-refractivity contribution in [1.29, 1.82) is 0 Å². The van der Waals surface area contributed by atoms with Crippen LogP contribution in [0.5, 0.6) is 11.5 Å². The topological polar surface area (TPSA) is 111 Å². The molecule has 0 atom stereocenters. The van der Waals surface area contributed by atoms with E-state index < -0.39 is 4.92 Å². The van der Waals surface area contributed by atoms with Gasteiger partial charge in [0.15, 0.2) is 11.5 Å². The highest BCUT2D eigenvalue weighted by Crippen LogP contribution is 2.33. The lowest BCUT2D eigenvalue weighted by Crippen LogP contribution is -2.10. The number of rotatable bonds is 7. The monoisotopic (exact) mass is 329 g/mol. The third-order valence-corrected chi connectivity index (χ3v) is 3.32. The van der Waals surface area contributed by atoms with Gasteiger partial charge in [-0.2, -0.15) is 0 Å². The van der Waals surface area contributed by atoms with Crippen LogP contribution in [0, 0.1) is 10.1 Å². The minimum absolute atomic E-state index is 0.138. The van der Waals surface area contributed by atoms with Gasteiger partial charge in [-0.15, -0.1) is 6.58 Å². The number of nitrogens with zero attached hydrogens (tertiary/aromatic N) is 3. The highest BCUT2D eigenvalue weighted by molar-refractivity contribution is 5.69. The molecule has 0 radical (unpaired) electrons. The van der Waals surface area contributed by atoms with Gasteiger partial charge >= 0.3 is 5.69 Å². The molecular weight excluding hydrogens is 314 g/mol. The van der Waals surface area contributed by atoms with Crippen molar-refractivity contribution in [2.45, 2.75) is 6.54 Å². The maximum atomic E-state index is 11.4. The summed E-state index contributed by atoms with van der Waals surface area (Å²) in [6.07, 6.45) is 2.85.